The molecular formula is C16H27NO2. The van der Waals surface area contributed by atoms with E-state index in [0.717, 1.165) is 25.3 Å². The third-order valence-corrected chi connectivity index (χ3v) is 3.62. The minimum absolute atomic E-state index is 0.164. The molecule has 0 bridgehead atoms. The van der Waals surface area contributed by atoms with E-state index in [2.05, 4.69) is 38.2 Å². The third-order valence-electron chi connectivity index (χ3n) is 3.62. The van der Waals surface area contributed by atoms with Gasteiger partial charge < -0.3 is 14.8 Å². The molecule has 1 rings (SSSR count). The van der Waals surface area contributed by atoms with Gasteiger partial charge in [0.25, 0.3) is 0 Å². The van der Waals surface area contributed by atoms with E-state index in [0.29, 0.717) is 0 Å². The fourth-order valence-electron chi connectivity index (χ4n) is 2.43. The molecule has 3 heteroatoms. The Bertz CT molecular complexity index is 381. The Balaban J connectivity index is 3.10. The smallest absolute Gasteiger partial charge is 0.119 e. The first-order valence-electron chi connectivity index (χ1n) is 7.12. The molecule has 0 aromatic heterocycles. The van der Waals surface area contributed by atoms with Crippen LogP contribution in [0.2, 0.25) is 0 Å². The van der Waals surface area contributed by atoms with E-state index in [1.54, 1.807) is 7.11 Å². The summed E-state index contributed by atoms with van der Waals surface area (Å²) < 4.78 is 11.3. The van der Waals surface area contributed by atoms with Gasteiger partial charge in [-0.05, 0) is 44.5 Å². The van der Waals surface area contributed by atoms with Gasteiger partial charge in [0.2, 0.25) is 0 Å². The Morgan fingerprint density at radius 1 is 1.26 bits per heavy atom. The van der Waals surface area contributed by atoms with Crippen molar-refractivity contribution in [3.05, 3.63) is 29.8 Å². The number of likely N-dealkylation sites (N-methyl/N-ethyl adjacent to an activating group) is 1. The van der Waals surface area contributed by atoms with Crippen LogP contribution in [0.4, 0.5) is 0 Å². The van der Waals surface area contributed by atoms with Crippen LogP contribution >= 0.6 is 0 Å². The first kappa shape index (κ1) is 16.0. The zero-order valence-corrected chi connectivity index (χ0v) is 12.8. The van der Waals surface area contributed by atoms with Gasteiger partial charge in [-0.3, -0.25) is 0 Å². The molecule has 2 unspecified atom stereocenters. The third kappa shape index (κ3) is 3.95. The molecule has 0 aliphatic carbocycles. The van der Waals surface area contributed by atoms with E-state index < -0.39 is 0 Å². The van der Waals surface area contributed by atoms with Crippen LogP contribution in [-0.4, -0.2) is 25.9 Å². The minimum Gasteiger partial charge on any atom is -0.497 e. The van der Waals surface area contributed by atoms with Crippen LogP contribution in [0, 0.1) is 0 Å². The molecule has 1 N–H and O–H groups in total. The number of methoxy groups -OCH3 is 1. The number of rotatable bonds is 8. The van der Waals surface area contributed by atoms with E-state index in [-0.39, 0.29) is 11.6 Å². The molecule has 0 aliphatic rings. The van der Waals surface area contributed by atoms with Gasteiger partial charge in [0.15, 0.2) is 0 Å². The van der Waals surface area contributed by atoms with E-state index >= 15 is 0 Å². The number of hydrogen-bond donors (Lipinski definition) is 1. The van der Waals surface area contributed by atoms with Gasteiger partial charge in [-0.25, -0.2) is 0 Å². The molecule has 19 heavy (non-hydrogen) atoms. The lowest BCUT2D eigenvalue weighted by molar-refractivity contribution is -0.0560. The van der Waals surface area contributed by atoms with Crippen LogP contribution in [0.1, 0.15) is 45.7 Å². The molecule has 0 spiro atoms. The summed E-state index contributed by atoms with van der Waals surface area (Å²) in [5.74, 6) is 0.885. The highest BCUT2D eigenvalue weighted by molar-refractivity contribution is 5.32. The molecule has 0 saturated carbocycles. The maximum absolute atomic E-state index is 6.02. The van der Waals surface area contributed by atoms with Crippen molar-refractivity contribution >= 4 is 0 Å². The van der Waals surface area contributed by atoms with Crippen LogP contribution in [0.25, 0.3) is 0 Å². The lowest BCUT2D eigenvalue weighted by Gasteiger charge is -2.37. The fourth-order valence-corrected chi connectivity index (χ4v) is 2.43. The summed E-state index contributed by atoms with van der Waals surface area (Å²) >= 11 is 0. The number of nitrogens with one attached hydrogen (secondary N) is 1. The van der Waals surface area contributed by atoms with Crippen molar-refractivity contribution in [3.8, 4) is 5.75 Å². The maximum atomic E-state index is 6.02. The minimum atomic E-state index is -0.211. The molecule has 0 heterocycles. The normalized spacial score (nSPS) is 15.8. The lowest BCUT2D eigenvalue weighted by atomic mass is 9.87. The van der Waals surface area contributed by atoms with E-state index in [1.165, 1.54) is 5.56 Å². The van der Waals surface area contributed by atoms with Gasteiger partial charge in [0.05, 0.1) is 18.8 Å². The first-order valence-corrected chi connectivity index (χ1v) is 7.12. The van der Waals surface area contributed by atoms with Crippen LogP contribution in [0.3, 0.4) is 0 Å². The molecule has 108 valence electrons. The van der Waals surface area contributed by atoms with Crippen LogP contribution < -0.4 is 10.1 Å². The number of benzene rings is 1. The van der Waals surface area contributed by atoms with Crippen molar-refractivity contribution in [1.29, 1.82) is 0 Å². The molecule has 0 radical (unpaired) electrons. The molecule has 2 atom stereocenters. The van der Waals surface area contributed by atoms with Crippen LogP contribution in [0.5, 0.6) is 5.75 Å². The van der Waals surface area contributed by atoms with Crippen molar-refractivity contribution in [3.63, 3.8) is 0 Å². The highest BCUT2D eigenvalue weighted by atomic mass is 16.5. The predicted molar refractivity (Wildman–Crippen MR) is 79.7 cm³/mol. The average Bonchev–Trinajstić information content (AvgIpc) is 2.45. The second-order valence-electron chi connectivity index (χ2n) is 4.87. The van der Waals surface area contributed by atoms with Crippen LogP contribution in [-0.2, 0) is 4.74 Å². The topological polar surface area (TPSA) is 30.5 Å². The second kappa shape index (κ2) is 7.51. The Morgan fingerprint density at radius 3 is 2.53 bits per heavy atom. The van der Waals surface area contributed by atoms with Gasteiger partial charge in [0.1, 0.15) is 5.75 Å². The summed E-state index contributed by atoms with van der Waals surface area (Å²) in [4.78, 5) is 0. The van der Waals surface area contributed by atoms with Gasteiger partial charge >= 0.3 is 0 Å². The summed E-state index contributed by atoms with van der Waals surface area (Å²) in [6.45, 7) is 10.1. The van der Waals surface area contributed by atoms with Crippen molar-refractivity contribution in [2.45, 2.75) is 45.8 Å². The highest BCUT2D eigenvalue weighted by Gasteiger charge is 2.34. The Hall–Kier alpha value is -1.06. The molecule has 0 amide bonds. The molecule has 1 aromatic rings. The molecule has 1 aromatic carbocycles. The monoisotopic (exact) mass is 265 g/mol. The summed E-state index contributed by atoms with van der Waals surface area (Å²) in [5, 5.41) is 3.55. The zero-order valence-electron chi connectivity index (χ0n) is 12.8. The van der Waals surface area contributed by atoms with Gasteiger partial charge in [-0.15, -0.1) is 0 Å². The van der Waals surface area contributed by atoms with Gasteiger partial charge in [0, 0.05) is 6.61 Å². The highest BCUT2D eigenvalue weighted by Crippen LogP contribution is 2.33. The van der Waals surface area contributed by atoms with Gasteiger partial charge in [-0.1, -0.05) is 26.0 Å². The SMILES string of the molecule is CCNC(c1cccc(OC)c1)C(C)(CC)OCC. The molecule has 0 fully saturated rings. The molecular weight excluding hydrogens is 238 g/mol. The number of ether oxygens (including phenoxy) is 2. The Kier molecular flexibility index (Phi) is 6.32. The predicted octanol–water partition coefficient (Wildman–Crippen LogP) is 3.55. The first-order chi connectivity index (χ1) is 9.11. The fraction of sp³-hybridized carbons (Fsp3) is 0.625. The van der Waals surface area contributed by atoms with Gasteiger partial charge in [-0.2, -0.15) is 0 Å². The van der Waals surface area contributed by atoms with E-state index in [9.17, 15) is 0 Å². The quantitative estimate of drug-likeness (QED) is 0.779. The summed E-state index contributed by atoms with van der Waals surface area (Å²) in [6.07, 6.45) is 0.954. The van der Waals surface area contributed by atoms with Crippen molar-refractivity contribution in [1.82, 2.24) is 5.32 Å². The van der Waals surface area contributed by atoms with Crippen molar-refractivity contribution < 1.29 is 9.47 Å². The summed E-state index contributed by atoms with van der Waals surface area (Å²) in [6, 6.07) is 8.37. The molecule has 0 saturated heterocycles. The second-order valence-corrected chi connectivity index (χ2v) is 4.87. The maximum Gasteiger partial charge on any atom is 0.119 e. The van der Waals surface area contributed by atoms with Crippen molar-refractivity contribution in [2.75, 3.05) is 20.3 Å². The zero-order chi connectivity index (χ0) is 14.3. The van der Waals surface area contributed by atoms with Crippen molar-refractivity contribution in [2.24, 2.45) is 0 Å². The Labute approximate surface area is 117 Å². The number of hydrogen-bond acceptors (Lipinski definition) is 3. The Morgan fingerprint density at radius 2 is 2.00 bits per heavy atom. The largest absolute Gasteiger partial charge is 0.497 e. The standard InChI is InChI=1S/C16H27NO2/c1-6-16(4,19-8-3)15(17-7-2)13-10-9-11-14(12-13)18-5/h9-12,15,17H,6-8H2,1-5H3. The molecule has 0 aliphatic heterocycles. The average molecular weight is 265 g/mol. The van der Waals surface area contributed by atoms with Crippen LogP contribution in [0.15, 0.2) is 24.3 Å². The van der Waals surface area contributed by atoms with E-state index in [1.807, 2.05) is 19.1 Å². The summed E-state index contributed by atoms with van der Waals surface area (Å²) in [5.41, 5.74) is 0.996. The summed E-state index contributed by atoms with van der Waals surface area (Å²) in [7, 11) is 1.70. The molecule has 3 nitrogen and oxygen atoms in total. The lowest BCUT2D eigenvalue weighted by Crippen LogP contribution is -2.43. The van der Waals surface area contributed by atoms with E-state index in [4.69, 9.17) is 9.47 Å².